The summed E-state index contributed by atoms with van der Waals surface area (Å²) in [5, 5.41) is 7.10. The molecule has 2 N–H and O–H groups in total. The Morgan fingerprint density at radius 3 is 2.61 bits per heavy atom. The molecule has 3 amide bonds. The fraction of sp³-hybridized carbons (Fsp3) is 0.280. The number of halogens is 2. The first-order valence-corrected chi connectivity index (χ1v) is 13.2. The van der Waals surface area contributed by atoms with Crippen LogP contribution in [0.15, 0.2) is 65.8 Å². The molecule has 2 heterocycles. The van der Waals surface area contributed by atoms with Gasteiger partial charge in [-0.15, -0.1) is 0 Å². The number of nitrogens with one attached hydrogen (secondary N) is 2. The number of benzene rings is 2. The molecule has 188 valence electrons. The van der Waals surface area contributed by atoms with Crippen molar-refractivity contribution in [3.05, 3.63) is 76.4 Å². The Kier molecular flexibility index (Phi) is 8.90. The Labute approximate surface area is 224 Å². The predicted molar refractivity (Wildman–Crippen MR) is 145 cm³/mol. The second-order valence-electron chi connectivity index (χ2n) is 8.31. The summed E-state index contributed by atoms with van der Waals surface area (Å²) in [5.41, 5.74) is 1.69. The largest absolute Gasteiger partial charge is 0.353 e. The lowest BCUT2D eigenvalue weighted by molar-refractivity contribution is -0.118. The highest BCUT2D eigenvalue weighted by molar-refractivity contribution is 7.99. The van der Waals surface area contributed by atoms with E-state index < -0.39 is 0 Å². The Morgan fingerprint density at radius 2 is 1.86 bits per heavy atom. The van der Waals surface area contributed by atoms with Crippen LogP contribution in [0.1, 0.15) is 12.5 Å². The van der Waals surface area contributed by atoms with Crippen LogP contribution >= 0.6 is 35.0 Å². The molecule has 1 saturated heterocycles. The molecule has 8 nitrogen and oxygen atoms in total. The Bertz CT molecular complexity index is 1220. The molecule has 0 saturated carbocycles. The molecular formula is C25H26Cl2N6O2S. The summed E-state index contributed by atoms with van der Waals surface area (Å²) in [6.07, 6.45) is 0. The van der Waals surface area contributed by atoms with E-state index in [0.29, 0.717) is 53.0 Å². The molecule has 1 fully saturated rings. The van der Waals surface area contributed by atoms with Gasteiger partial charge in [0.2, 0.25) is 5.91 Å². The van der Waals surface area contributed by atoms with Gasteiger partial charge < -0.3 is 20.4 Å². The number of carbonyl (C=O) groups is 2. The smallest absolute Gasteiger partial charge is 0.322 e. The topological polar surface area (TPSA) is 90.5 Å². The van der Waals surface area contributed by atoms with Gasteiger partial charge in [-0.25, -0.2) is 14.8 Å². The second-order valence-corrected chi connectivity index (χ2v) is 10.1. The van der Waals surface area contributed by atoms with Crippen LogP contribution in [0.3, 0.4) is 0 Å². The maximum Gasteiger partial charge on any atom is 0.322 e. The molecule has 0 radical (unpaired) electrons. The molecule has 3 aromatic rings. The van der Waals surface area contributed by atoms with Gasteiger partial charge in [-0.2, -0.15) is 0 Å². The van der Waals surface area contributed by atoms with E-state index in [-0.39, 0.29) is 23.7 Å². The zero-order valence-corrected chi connectivity index (χ0v) is 22.0. The van der Waals surface area contributed by atoms with Crippen molar-refractivity contribution in [2.45, 2.75) is 24.7 Å². The molecule has 1 atom stereocenters. The number of anilines is 2. The molecule has 1 aliphatic heterocycles. The summed E-state index contributed by atoms with van der Waals surface area (Å²) >= 11 is 13.5. The van der Waals surface area contributed by atoms with Gasteiger partial charge in [0.25, 0.3) is 0 Å². The third-order valence-corrected chi connectivity index (χ3v) is 6.89. The van der Waals surface area contributed by atoms with E-state index in [1.807, 2.05) is 37.3 Å². The van der Waals surface area contributed by atoms with Gasteiger partial charge in [-0.3, -0.25) is 4.79 Å². The SMILES string of the molecule is CC1CN(c2cc(Cl)nc(SCC(=O)NCc3ccccc3)n2)CCN1C(=O)Nc1cccc(Cl)c1. The van der Waals surface area contributed by atoms with Crippen LogP contribution in [0, 0.1) is 0 Å². The molecule has 1 unspecified atom stereocenters. The summed E-state index contributed by atoms with van der Waals surface area (Å²) < 4.78 is 0. The molecule has 0 spiro atoms. The number of hydrogen-bond acceptors (Lipinski definition) is 6. The van der Waals surface area contributed by atoms with Gasteiger partial charge >= 0.3 is 6.03 Å². The first-order valence-electron chi connectivity index (χ1n) is 11.4. The number of rotatable bonds is 7. The first-order chi connectivity index (χ1) is 17.4. The van der Waals surface area contributed by atoms with E-state index in [2.05, 4.69) is 25.5 Å². The maximum atomic E-state index is 12.8. The Hall–Kier alpha value is -3.01. The first kappa shape index (κ1) is 26.1. The lowest BCUT2D eigenvalue weighted by Crippen LogP contribution is -2.55. The molecule has 2 aromatic carbocycles. The van der Waals surface area contributed by atoms with Crippen molar-refractivity contribution < 1.29 is 9.59 Å². The van der Waals surface area contributed by atoms with Gasteiger partial charge in [0.1, 0.15) is 11.0 Å². The quantitative estimate of drug-likeness (QED) is 0.249. The fourth-order valence-corrected chi connectivity index (χ4v) is 4.92. The molecule has 0 bridgehead atoms. The zero-order chi connectivity index (χ0) is 25.5. The summed E-state index contributed by atoms with van der Waals surface area (Å²) in [6.45, 7) is 4.13. The number of thioether (sulfide) groups is 1. The van der Waals surface area contributed by atoms with Gasteiger partial charge in [0, 0.05) is 49.0 Å². The highest BCUT2D eigenvalue weighted by Crippen LogP contribution is 2.24. The number of piperazine rings is 1. The van der Waals surface area contributed by atoms with E-state index in [0.717, 1.165) is 5.56 Å². The van der Waals surface area contributed by atoms with Crippen molar-refractivity contribution in [1.29, 1.82) is 0 Å². The molecule has 0 aliphatic carbocycles. The van der Waals surface area contributed by atoms with Crippen LogP contribution in [0.25, 0.3) is 0 Å². The van der Waals surface area contributed by atoms with E-state index in [4.69, 9.17) is 23.2 Å². The molecule has 36 heavy (non-hydrogen) atoms. The number of urea groups is 1. The molecular weight excluding hydrogens is 519 g/mol. The van der Waals surface area contributed by atoms with E-state index in [9.17, 15) is 9.59 Å². The van der Waals surface area contributed by atoms with Crippen LogP contribution in [-0.4, -0.2) is 58.2 Å². The summed E-state index contributed by atoms with van der Waals surface area (Å²) in [6, 6.07) is 18.3. The normalized spacial score (nSPS) is 15.5. The predicted octanol–water partition coefficient (Wildman–Crippen LogP) is 4.93. The summed E-state index contributed by atoms with van der Waals surface area (Å²) in [7, 11) is 0. The average Bonchev–Trinajstić information content (AvgIpc) is 2.86. The zero-order valence-electron chi connectivity index (χ0n) is 19.7. The number of amides is 3. The van der Waals surface area contributed by atoms with Gasteiger partial charge in [0.15, 0.2) is 5.16 Å². The maximum absolute atomic E-state index is 12.8. The van der Waals surface area contributed by atoms with Crippen molar-refractivity contribution in [3.8, 4) is 0 Å². The lowest BCUT2D eigenvalue weighted by Gasteiger charge is -2.40. The standard InChI is InChI=1S/C25H26Cl2N6O2S/c1-17-15-32(10-11-33(17)25(35)29-20-9-5-8-19(26)12-20)22-13-21(27)30-24(31-22)36-16-23(34)28-14-18-6-3-2-4-7-18/h2-9,12-13,17H,10-11,14-16H2,1H3,(H,28,34)(H,29,35). The van der Waals surface area contributed by atoms with Crippen LogP contribution in [0.4, 0.5) is 16.3 Å². The van der Waals surface area contributed by atoms with E-state index in [1.54, 1.807) is 35.2 Å². The molecule has 11 heteroatoms. The van der Waals surface area contributed by atoms with Crippen molar-refractivity contribution >= 4 is 58.4 Å². The lowest BCUT2D eigenvalue weighted by atomic mass is 10.2. The summed E-state index contributed by atoms with van der Waals surface area (Å²) in [5.74, 6) is 0.742. The number of nitrogens with zero attached hydrogens (tertiary/aromatic N) is 4. The monoisotopic (exact) mass is 544 g/mol. The van der Waals surface area contributed by atoms with Crippen molar-refractivity contribution in [1.82, 2.24) is 20.2 Å². The molecule has 1 aliphatic rings. The Balaban J connectivity index is 1.31. The Morgan fingerprint density at radius 1 is 1.06 bits per heavy atom. The minimum absolute atomic E-state index is 0.0634. The minimum atomic E-state index is -0.178. The van der Waals surface area contributed by atoms with Crippen LogP contribution in [0.2, 0.25) is 10.2 Å². The third-order valence-electron chi connectivity index (χ3n) is 5.61. The van der Waals surface area contributed by atoms with Crippen molar-refractivity contribution in [2.75, 3.05) is 35.6 Å². The van der Waals surface area contributed by atoms with Crippen molar-refractivity contribution in [2.24, 2.45) is 0 Å². The van der Waals surface area contributed by atoms with E-state index >= 15 is 0 Å². The molecule has 4 rings (SSSR count). The highest BCUT2D eigenvalue weighted by Gasteiger charge is 2.28. The van der Waals surface area contributed by atoms with Gasteiger partial charge in [-0.1, -0.05) is 71.4 Å². The van der Waals surface area contributed by atoms with Crippen LogP contribution in [-0.2, 0) is 11.3 Å². The fourth-order valence-electron chi connectivity index (χ4n) is 3.82. The van der Waals surface area contributed by atoms with E-state index in [1.165, 1.54) is 11.8 Å². The van der Waals surface area contributed by atoms with Gasteiger partial charge in [-0.05, 0) is 30.7 Å². The third kappa shape index (κ3) is 7.25. The van der Waals surface area contributed by atoms with Crippen molar-refractivity contribution in [3.63, 3.8) is 0 Å². The van der Waals surface area contributed by atoms with Crippen LogP contribution in [0.5, 0.6) is 0 Å². The number of hydrogen-bond donors (Lipinski definition) is 2. The summed E-state index contributed by atoms with van der Waals surface area (Å²) in [4.78, 5) is 37.8. The highest BCUT2D eigenvalue weighted by atomic mass is 35.5. The minimum Gasteiger partial charge on any atom is -0.353 e. The average molecular weight is 545 g/mol. The number of aromatic nitrogens is 2. The van der Waals surface area contributed by atoms with Gasteiger partial charge in [0.05, 0.1) is 5.75 Å². The van der Waals surface area contributed by atoms with Crippen LogP contribution < -0.4 is 15.5 Å². The number of carbonyl (C=O) groups excluding carboxylic acids is 2. The second kappa shape index (κ2) is 12.3. The molecule has 1 aromatic heterocycles.